The number of nitrogens with zero attached hydrogens (tertiary/aromatic N) is 1. The van der Waals surface area contributed by atoms with Crippen LogP contribution in [0.2, 0.25) is 0 Å². The van der Waals surface area contributed by atoms with E-state index in [-0.39, 0.29) is 24.6 Å². The predicted octanol–water partition coefficient (Wildman–Crippen LogP) is 3.14. The van der Waals surface area contributed by atoms with Crippen LogP contribution in [-0.4, -0.2) is 24.2 Å². The summed E-state index contributed by atoms with van der Waals surface area (Å²) in [5.41, 5.74) is 4.66. The van der Waals surface area contributed by atoms with Crippen molar-refractivity contribution in [1.29, 1.82) is 5.26 Å². The molecule has 1 heterocycles. The Morgan fingerprint density at radius 3 is 2.43 bits per heavy atom. The third kappa shape index (κ3) is 3.80. The van der Waals surface area contributed by atoms with Crippen LogP contribution in [0.1, 0.15) is 28.2 Å². The van der Waals surface area contributed by atoms with Gasteiger partial charge in [0.25, 0.3) is 5.56 Å². The third-order valence-corrected chi connectivity index (χ3v) is 4.92. The standard InChI is InChI=1S/C24H17N3O3/c25-13-17-12-16(14-27-23(17)28)6-5-11-26-24(29)30-15-22-20-9-3-1-7-18(20)19-8-2-4-10-21(19)22/h1-4,7-10,12,14,22H,11,15H2,(H,26,29)(H,27,28). The van der Waals surface area contributed by atoms with Crippen LogP contribution in [0.5, 0.6) is 0 Å². The molecule has 1 aliphatic rings. The Bertz CT molecular complexity index is 1230. The van der Waals surface area contributed by atoms with E-state index in [1.54, 1.807) is 6.07 Å². The second kappa shape index (κ2) is 8.38. The fourth-order valence-corrected chi connectivity index (χ4v) is 3.55. The van der Waals surface area contributed by atoms with E-state index in [0.29, 0.717) is 5.56 Å². The molecular weight excluding hydrogens is 378 g/mol. The number of carbonyl (C=O) groups excluding carboxylic acids is 1. The zero-order valence-electron chi connectivity index (χ0n) is 15.9. The van der Waals surface area contributed by atoms with Crippen molar-refractivity contribution < 1.29 is 9.53 Å². The van der Waals surface area contributed by atoms with Gasteiger partial charge in [-0.1, -0.05) is 60.4 Å². The summed E-state index contributed by atoms with van der Waals surface area (Å²) in [7, 11) is 0. The van der Waals surface area contributed by atoms with E-state index in [1.807, 2.05) is 24.3 Å². The highest BCUT2D eigenvalue weighted by Crippen LogP contribution is 2.44. The van der Waals surface area contributed by atoms with Gasteiger partial charge in [0, 0.05) is 17.7 Å². The predicted molar refractivity (Wildman–Crippen MR) is 112 cm³/mol. The minimum Gasteiger partial charge on any atom is -0.449 e. The number of aromatic amines is 1. The first-order valence-corrected chi connectivity index (χ1v) is 9.38. The number of benzene rings is 2. The Kier molecular flexibility index (Phi) is 5.32. The molecule has 2 N–H and O–H groups in total. The van der Waals surface area contributed by atoms with Gasteiger partial charge in [-0.25, -0.2) is 4.79 Å². The number of amides is 1. The highest BCUT2D eigenvalue weighted by molar-refractivity contribution is 5.79. The van der Waals surface area contributed by atoms with E-state index in [1.165, 1.54) is 23.4 Å². The normalized spacial score (nSPS) is 11.4. The summed E-state index contributed by atoms with van der Waals surface area (Å²) >= 11 is 0. The van der Waals surface area contributed by atoms with Gasteiger partial charge in [0.2, 0.25) is 0 Å². The van der Waals surface area contributed by atoms with Crippen LogP contribution < -0.4 is 10.9 Å². The lowest BCUT2D eigenvalue weighted by Crippen LogP contribution is -2.26. The summed E-state index contributed by atoms with van der Waals surface area (Å²) < 4.78 is 5.44. The summed E-state index contributed by atoms with van der Waals surface area (Å²) in [5.74, 6) is 5.55. The van der Waals surface area contributed by atoms with Crippen molar-refractivity contribution >= 4 is 6.09 Å². The lowest BCUT2D eigenvalue weighted by molar-refractivity contribution is 0.144. The van der Waals surface area contributed by atoms with Crippen molar-refractivity contribution in [2.75, 3.05) is 13.2 Å². The van der Waals surface area contributed by atoms with E-state index in [2.05, 4.69) is 46.4 Å². The minimum absolute atomic E-state index is 0.000204. The molecule has 1 aromatic heterocycles. The number of H-pyrrole nitrogens is 1. The highest BCUT2D eigenvalue weighted by atomic mass is 16.5. The van der Waals surface area contributed by atoms with Crippen molar-refractivity contribution in [3.8, 4) is 29.0 Å². The summed E-state index contributed by atoms with van der Waals surface area (Å²) in [6.07, 6.45) is 0.870. The molecule has 0 saturated heterocycles. The Morgan fingerprint density at radius 2 is 1.77 bits per heavy atom. The second-order valence-corrected chi connectivity index (χ2v) is 6.72. The maximum absolute atomic E-state index is 12.1. The Labute approximate surface area is 173 Å². The van der Waals surface area contributed by atoms with Crippen LogP contribution in [0.25, 0.3) is 11.1 Å². The SMILES string of the molecule is N#Cc1cc(C#CCNC(=O)OCC2c3ccccc3-c3ccccc32)c[nH]c1=O. The molecule has 0 radical (unpaired) electrons. The van der Waals surface area contributed by atoms with Crippen LogP contribution >= 0.6 is 0 Å². The van der Waals surface area contributed by atoms with E-state index >= 15 is 0 Å². The largest absolute Gasteiger partial charge is 0.449 e. The molecule has 0 bridgehead atoms. The zero-order chi connectivity index (χ0) is 20.9. The topological polar surface area (TPSA) is 95.0 Å². The van der Waals surface area contributed by atoms with Crippen LogP contribution in [0.3, 0.4) is 0 Å². The number of carbonyl (C=O) groups is 1. The molecule has 6 heteroatoms. The molecular formula is C24H17N3O3. The van der Waals surface area contributed by atoms with Crippen molar-refractivity contribution in [3.63, 3.8) is 0 Å². The van der Waals surface area contributed by atoms with Gasteiger partial charge in [-0.05, 0) is 28.3 Å². The van der Waals surface area contributed by atoms with Gasteiger partial charge in [0.1, 0.15) is 18.2 Å². The smallest absolute Gasteiger partial charge is 0.407 e. The lowest BCUT2D eigenvalue weighted by atomic mass is 9.98. The summed E-state index contributed by atoms with van der Waals surface area (Å²) in [4.78, 5) is 25.9. The third-order valence-electron chi connectivity index (χ3n) is 4.92. The molecule has 1 amide bonds. The molecule has 0 fully saturated rings. The van der Waals surface area contributed by atoms with Crippen molar-refractivity contribution in [2.45, 2.75) is 5.92 Å². The number of fused-ring (bicyclic) bond motifs is 3. The monoisotopic (exact) mass is 395 g/mol. The van der Waals surface area contributed by atoms with E-state index in [4.69, 9.17) is 10.00 Å². The summed E-state index contributed by atoms with van der Waals surface area (Å²) in [6.45, 7) is 0.316. The van der Waals surface area contributed by atoms with Crippen molar-refractivity contribution in [2.24, 2.45) is 0 Å². The van der Waals surface area contributed by atoms with Crippen LogP contribution in [0.4, 0.5) is 4.79 Å². The first kappa shape index (κ1) is 19.0. The fraction of sp³-hybridized carbons (Fsp3) is 0.125. The van der Waals surface area contributed by atoms with E-state index < -0.39 is 11.7 Å². The maximum Gasteiger partial charge on any atom is 0.407 e. The molecule has 30 heavy (non-hydrogen) atoms. The number of rotatable bonds is 3. The molecule has 0 aliphatic heterocycles. The first-order valence-electron chi connectivity index (χ1n) is 9.38. The molecule has 2 aromatic carbocycles. The van der Waals surface area contributed by atoms with E-state index in [9.17, 15) is 9.59 Å². The van der Waals surface area contributed by atoms with Gasteiger partial charge in [0.05, 0.1) is 6.54 Å². The molecule has 0 atom stereocenters. The number of hydrogen-bond acceptors (Lipinski definition) is 4. The molecule has 0 spiro atoms. The number of nitriles is 1. The molecule has 3 aromatic rings. The fourth-order valence-electron chi connectivity index (χ4n) is 3.55. The second-order valence-electron chi connectivity index (χ2n) is 6.72. The van der Waals surface area contributed by atoms with Crippen LogP contribution in [0.15, 0.2) is 65.6 Å². The quantitative estimate of drug-likeness (QED) is 0.666. The minimum atomic E-state index is -0.551. The average molecular weight is 395 g/mol. The molecule has 0 unspecified atom stereocenters. The number of aromatic nitrogens is 1. The number of nitrogens with one attached hydrogen (secondary N) is 2. The Morgan fingerprint density at radius 1 is 1.10 bits per heavy atom. The first-order chi connectivity index (χ1) is 14.7. The molecule has 1 aliphatic carbocycles. The highest BCUT2D eigenvalue weighted by Gasteiger charge is 2.28. The number of pyridine rings is 1. The van der Waals surface area contributed by atoms with Crippen molar-refractivity contribution in [1.82, 2.24) is 10.3 Å². The van der Waals surface area contributed by atoms with Gasteiger partial charge in [-0.3, -0.25) is 4.79 Å². The van der Waals surface area contributed by atoms with Crippen molar-refractivity contribution in [3.05, 3.63) is 93.4 Å². The molecule has 6 nitrogen and oxygen atoms in total. The van der Waals surface area contributed by atoms with Gasteiger partial charge in [0.15, 0.2) is 0 Å². The number of ether oxygens (including phenoxy) is 1. The maximum atomic E-state index is 12.1. The molecule has 0 saturated carbocycles. The van der Waals surface area contributed by atoms with Gasteiger partial charge < -0.3 is 15.0 Å². The lowest BCUT2D eigenvalue weighted by Gasteiger charge is -2.14. The Hall–Kier alpha value is -4.29. The molecule has 4 rings (SSSR count). The average Bonchev–Trinajstić information content (AvgIpc) is 3.10. The Balaban J connectivity index is 1.35. The van der Waals surface area contributed by atoms with Crippen LogP contribution in [-0.2, 0) is 4.74 Å². The summed E-state index contributed by atoms with van der Waals surface area (Å²) in [6, 6.07) is 19.5. The van der Waals surface area contributed by atoms with Crippen LogP contribution in [0, 0.1) is 23.2 Å². The number of alkyl carbamates (subject to hydrolysis) is 1. The zero-order valence-corrected chi connectivity index (χ0v) is 15.9. The summed E-state index contributed by atoms with van der Waals surface area (Å²) in [5, 5.41) is 11.5. The van der Waals surface area contributed by atoms with Gasteiger partial charge in [-0.2, -0.15) is 5.26 Å². The molecule has 146 valence electrons. The van der Waals surface area contributed by atoms with Gasteiger partial charge >= 0.3 is 6.09 Å². The number of hydrogen-bond donors (Lipinski definition) is 2. The van der Waals surface area contributed by atoms with Gasteiger partial charge in [-0.15, -0.1) is 0 Å². The van der Waals surface area contributed by atoms with E-state index in [0.717, 1.165) is 11.1 Å².